The van der Waals surface area contributed by atoms with E-state index in [9.17, 15) is 4.79 Å². The van der Waals surface area contributed by atoms with Crippen molar-refractivity contribution in [3.8, 4) is 0 Å². The lowest BCUT2D eigenvalue weighted by Crippen LogP contribution is -2.21. The molecule has 1 unspecified atom stereocenters. The fourth-order valence-electron chi connectivity index (χ4n) is 1.88. The molecule has 2 aromatic rings. The molecule has 0 spiro atoms. The van der Waals surface area contributed by atoms with Crippen molar-refractivity contribution < 1.29 is 4.79 Å². The van der Waals surface area contributed by atoms with Gasteiger partial charge in [0.05, 0.1) is 6.04 Å². The number of aromatic nitrogens is 3. The number of carbonyl (C=O) groups is 1. The number of nitrogens with zero attached hydrogens (tertiary/aromatic N) is 3. The van der Waals surface area contributed by atoms with Crippen molar-refractivity contribution in [2.24, 2.45) is 12.8 Å². The Bertz CT molecular complexity index is 578. The van der Waals surface area contributed by atoms with Crippen molar-refractivity contribution in [1.29, 1.82) is 0 Å². The smallest absolute Gasteiger partial charge is 0.248 e. The second kappa shape index (κ2) is 5.62. The minimum Gasteiger partial charge on any atom is -0.366 e. The Balaban J connectivity index is 2.01. The quantitative estimate of drug-likeness (QED) is 0.830. The molecule has 1 atom stereocenters. The largest absolute Gasteiger partial charge is 0.366 e. The molecule has 6 nitrogen and oxygen atoms in total. The molecule has 1 aromatic heterocycles. The fourth-order valence-corrected chi connectivity index (χ4v) is 1.88. The first kappa shape index (κ1) is 13.2. The average molecular weight is 259 g/mol. The molecule has 1 heterocycles. The number of nitrogens with two attached hydrogens (primary N) is 1. The first-order valence-corrected chi connectivity index (χ1v) is 6.04. The lowest BCUT2D eigenvalue weighted by Gasteiger charge is -2.13. The second-order valence-corrected chi connectivity index (χ2v) is 4.47. The van der Waals surface area contributed by atoms with Crippen LogP contribution in [0.4, 0.5) is 0 Å². The Morgan fingerprint density at radius 3 is 2.95 bits per heavy atom. The summed E-state index contributed by atoms with van der Waals surface area (Å²) in [5.41, 5.74) is 6.78. The number of carbonyl (C=O) groups excluding carboxylic acids is 1. The highest BCUT2D eigenvalue weighted by atomic mass is 16.1. The predicted octanol–water partition coefficient (Wildman–Crippen LogP) is 0.765. The summed E-state index contributed by atoms with van der Waals surface area (Å²) in [6.45, 7) is 2.65. The number of benzene rings is 1. The summed E-state index contributed by atoms with van der Waals surface area (Å²) in [4.78, 5) is 11.1. The van der Waals surface area contributed by atoms with Crippen molar-refractivity contribution in [3.05, 3.63) is 47.5 Å². The van der Waals surface area contributed by atoms with Crippen molar-refractivity contribution >= 4 is 5.91 Å². The van der Waals surface area contributed by atoms with Gasteiger partial charge in [0.15, 0.2) is 0 Å². The van der Waals surface area contributed by atoms with Gasteiger partial charge in [-0.2, -0.15) is 0 Å². The molecule has 3 N–H and O–H groups in total. The zero-order valence-corrected chi connectivity index (χ0v) is 11.0. The van der Waals surface area contributed by atoms with Gasteiger partial charge in [-0.3, -0.25) is 4.79 Å². The zero-order valence-electron chi connectivity index (χ0n) is 11.0. The Labute approximate surface area is 111 Å². The lowest BCUT2D eigenvalue weighted by molar-refractivity contribution is 0.1000. The molecule has 0 saturated heterocycles. The molecule has 100 valence electrons. The first-order chi connectivity index (χ1) is 9.08. The Morgan fingerprint density at radius 1 is 1.53 bits per heavy atom. The van der Waals surface area contributed by atoms with Crippen LogP contribution >= 0.6 is 0 Å². The van der Waals surface area contributed by atoms with E-state index in [0.717, 1.165) is 11.4 Å². The van der Waals surface area contributed by atoms with E-state index < -0.39 is 5.91 Å². The summed E-state index contributed by atoms with van der Waals surface area (Å²) in [7, 11) is 1.90. The maximum absolute atomic E-state index is 11.1. The van der Waals surface area contributed by atoms with Crippen LogP contribution in [0.5, 0.6) is 0 Å². The molecular weight excluding hydrogens is 242 g/mol. The van der Waals surface area contributed by atoms with Crippen molar-refractivity contribution in [3.63, 3.8) is 0 Å². The number of nitrogens with one attached hydrogen (secondary N) is 1. The summed E-state index contributed by atoms with van der Waals surface area (Å²) in [6, 6.07) is 7.34. The summed E-state index contributed by atoms with van der Waals surface area (Å²) >= 11 is 0. The van der Waals surface area contributed by atoms with Crippen LogP contribution in [0.1, 0.15) is 34.7 Å². The molecule has 1 amide bonds. The predicted molar refractivity (Wildman–Crippen MR) is 71.2 cm³/mol. The molecular formula is C13H17N5O. The lowest BCUT2D eigenvalue weighted by atomic mass is 10.1. The standard InChI is InChI=1S/C13H17N5O/c1-9(13-17-16-8-18(13)2)15-7-10-4-3-5-11(6-10)12(14)19/h3-6,8-9,15H,7H2,1-2H3,(H2,14,19). The Kier molecular flexibility index (Phi) is 3.91. The number of aryl methyl sites for hydroxylation is 1. The zero-order chi connectivity index (χ0) is 13.8. The van der Waals surface area contributed by atoms with Gasteiger partial charge in [0, 0.05) is 19.2 Å². The van der Waals surface area contributed by atoms with Gasteiger partial charge in [0.2, 0.25) is 5.91 Å². The van der Waals surface area contributed by atoms with E-state index in [2.05, 4.69) is 15.5 Å². The number of primary amides is 1. The van der Waals surface area contributed by atoms with Crippen molar-refractivity contribution in [2.75, 3.05) is 0 Å². The van der Waals surface area contributed by atoms with Crippen LogP contribution < -0.4 is 11.1 Å². The molecule has 0 aliphatic carbocycles. The summed E-state index contributed by atoms with van der Waals surface area (Å²) in [5.74, 6) is 0.453. The highest BCUT2D eigenvalue weighted by molar-refractivity contribution is 5.92. The van der Waals surface area contributed by atoms with Crippen LogP contribution in [0.15, 0.2) is 30.6 Å². The topological polar surface area (TPSA) is 85.8 Å². The van der Waals surface area contributed by atoms with Crippen LogP contribution in [-0.4, -0.2) is 20.7 Å². The van der Waals surface area contributed by atoms with Crippen LogP contribution in [0, 0.1) is 0 Å². The third kappa shape index (κ3) is 3.17. The summed E-state index contributed by atoms with van der Waals surface area (Å²) in [5, 5.41) is 11.2. The van der Waals surface area contributed by atoms with E-state index in [1.54, 1.807) is 18.5 Å². The first-order valence-electron chi connectivity index (χ1n) is 6.04. The average Bonchev–Trinajstić information content (AvgIpc) is 2.82. The van der Waals surface area contributed by atoms with E-state index in [-0.39, 0.29) is 6.04 Å². The van der Waals surface area contributed by atoms with Gasteiger partial charge < -0.3 is 15.6 Å². The SMILES string of the molecule is CC(NCc1cccc(C(N)=O)c1)c1nncn1C. The minimum absolute atomic E-state index is 0.0738. The number of amides is 1. The Morgan fingerprint density at radius 2 is 2.32 bits per heavy atom. The summed E-state index contributed by atoms with van der Waals surface area (Å²) in [6.07, 6.45) is 1.67. The number of hydrogen-bond acceptors (Lipinski definition) is 4. The third-order valence-electron chi connectivity index (χ3n) is 2.96. The molecule has 6 heteroatoms. The second-order valence-electron chi connectivity index (χ2n) is 4.47. The molecule has 0 aliphatic rings. The minimum atomic E-state index is -0.414. The van der Waals surface area contributed by atoms with E-state index in [1.807, 2.05) is 30.7 Å². The molecule has 0 aliphatic heterocycles. The fraction of sp³-hybridized carbons (Fsp3) is 0.308. The molecule has 19 heavy (non-hydrogen) atoms. The van der Waals surface area contributed by atoms with E-state index in [0.29, 0.717) is 12.1 Å². The van der Waals surface area contributed by atoms with E-state index >= 15 is 0 Å². The molecule has 0 fully saturated rings. The van der Waals surface area contributed by atoms with Gasteiger partial charge in [0.1, 0.15) is 12.2 Å². The van der Waals surface area contributed by atoms with Gasteiger partial charge in [-0.05, 0) is 24.6 Å². The molecule has 1 aromatic carbocycles. The number of hydrogen-bond donors (Lipinski definition) is 2. The highest BCUT2D eigenvalue weighted by Gasteiger charge is 2.10. The molecule has 0 radical (unpaired) electrons. The number of rotatable bonds is 5. The normalized spacial score (nSPS) is 12.3. The van der Waals surface area contributed by atoms with Gasteiger partial charge in [-0.1, -0.05) is 12.1 Å². The molecule has 0 bridgehead atoms. The van der Waals surface area contributed by atoms with Gasteiger partial charge in [0.25, 0.3) is 0 Å². The highest BCUT2D eigenvalue weighted by Crippen LogP contribution is 2.10. The molecule has 2 rings (SSSR count). The van der Waals surface area contributed by atoms with Gasteiger partial charge >= 0.3 is 0 Å². The van der Waals surface area contributed by atoms with Crippen LogP contribution in [0.3, 0.4) is 0 Å². The van der Waals surface area contributed by atoms with Crippen molar-refractivity contribution in [1.82, 2.24) is 20.1 Å². The van der Waals surface area contributed by atoms with E-state index in [4.69, 9.17) is 5.73 Å². The van der Waals surface area contributed by atoms with Crippen LogP contribution in [0.25, 0.3) is 0 Å². The van der Waals surface area contributed by atoms with Crippen molar-refractivity contribution in [2.45, 2.75) is 19.5 Å². The summed E-state index contributed by atoms with van der Waals surface area (Å²) < 4.78 is 1.87. The van der Waals surface area contributed by atoms with Gasteiger partial charge in [-0.25, -0.2) is 0 Å². The molecule has 0 saturated carbocycles. The van der Waals surface area contributed by atoms with Crippen LogP contribution in [-0.2, 0) is 13.6 Å². The van der Waals surface area contributed by atoms with Gasteiger partial charge in [-0.15, -0.1) is 10.2 Å². The monoisotopic (exact) mass is 259 g/mol. The maximum atomic E-state index is 11.1. The maximum Gasteiger partial charge on any atom is 0.248 e. The van der Waals surface area contributed by atoms with Crippen LogP contribution in [0.2, 0.25) is 0 Å². The third-order valence-corrected chi connectivity index (χ3v) is 2.96. The Hall–Kier alpha value is -2.21. The van der Waals surface area contributed by atoms with E-state index in [1.165, 1.54) is 0 Å².